The number of aldehydes is 1. The quantitative estimate of drug-likeness (QED) is 0.681. The molecule has 0 heterocycles. The molecule has 0 spiro atoms. The Kier molecular flexibility index (Phi) is 6.54. The molecule has 0 aromatic heterocycles. The van der Waals surface area contributed by atoms with Gasteiger partial charge in [0, 0.05) is 18.2 Å². The highest BCUT2D eigenvalue weighted by Gasteiger charge is 2.18. The number of carbonyl (C=O) groups is 2. The maximum atomic E-state index is 11.2. The lowest BCUT2D eigenvalue weighted by Gasteiger charge is -2.19. The van der Waals surface area contributed by atoms with Crippen molar-refractivity contribution in [3.63, 3.8) is 0 Å². The highest BCUT2D eigenvalue weighted by molar-refractivity contribution is 5.77. The lowest BCUT2D eigenvalue weighted by atomic mass is 10.0. The number of ether oxygens (including phenoxy) is 2. The summed E-state index contributed by atoms with van der Waals surface area (Å²) >= 11 is 0. The van der Waals surface area contributed by atoms with Gasteiger partial charge < -0.3 is 19.9 Å². The van der Waals surface area contributed by atoms with Gasteiger partial charge in [-0.15, -0.1) is 0 Å². The van der Waals surface area contributed by atoms with Crippen molar-refractivity contribution in [1.82, 2.24) is 5.32 Å². The van der Waals surface area contributed by atoms with E-state index in [0.717, 1.165) is 17.4 Å². The van der Waals surface area contributed by atoms with Gasteiger partial charge in [0.25, 0.3) is 0 Å². The van der Waals surface area contributed by atoms with Gasteiger partial charge in [-0.3, -0.25) is 9.59 Å². The predicted octanol–water partition coefficient (Wildman–Crippen LogP) is 2.82. The molecule has 6 nitrogen and oxygen atoms in total. The maximum Gasteiger partial charge on any atom is 0.305 e. The first kappa shape index (κ1) is 18.5. The van der Waals surface area contributed by atoms with Crippen molar-refractivity contribution in [3.05, 3.63) is 59.2 Å². The van der Waals surface area contributed by atoms with Crippen LogP contribution in [0.3, 0.4) is 0 Å². The highest BCUT2D eigenvalue weighted by Crippen LogP contribution is 2.31. The van der Waals surface area contributed by atoms with E-state index in [2.05, 4.69) is 5.32 Å². The SMILES string of the molecule is COc1ccc([C@@H](CC(=O)O)NCc2ccccc2C=O)cc1OC. The first-order chi connectivity index (χ1) is 12.1. The molecule has 0 radical (unpaired) electrons. The molecule has 2 aromatic rings. The first-order valence-electron chi connectivity index (χ1n) is 7.79. The molecule has 0 bridgehead atoms. The van der Waals surface area contributed by atoms with Gasteiger partial charge in [0.1, 0.15) is 6.29 Å². The molecule has 0 unspecified atom stereocenters. The highest BCUT2D eigenvalue weighted by atomic mass is 16.5. The molecule has 25 heavy (non-hydrogen) atoms. The largest absolute Gasteiger partial charge is 0.493 e. The number of hydrogen-bond acceptors (Lipinski definition) is 5. The number of carbonyl (C=O) groups excluding carboxylic acids is 1. The lowest BCUT2D eigenvalue weighted by molar-refractivity contribution is -0.137. The van der Waals surface area contributed by atoms with E-state index in [1.54, 1.807) is 37.4 Å². The molecular weight excluding hydrogens is 322 g/mol. The monoisotopic (exact) mass is 343 g/mol. The first-order valence-corrected chi connectivity index (χ1v) is 7.79. The number of nitrogens with one attached hydrogen (secondary N) is 1. The summed E-state index contributed by atoms with van der Waals surface area (Å²) in [4.78, 5) is 22.4. The van der Waals surface area contributed by atoms with E-state index in [9.17, 15) is 14.7 Å². The van der Waals surface area contributed by atoms with Crippen molar-refractivity contribution in [2.45, 2.75) is 19.0 Å². The van der Waals surface area contributed by atoms with Crippen molar-refractivity contribution in [2.24, 2.45) is 0 Å². The van der Waals surface area contributed by atoms with E-state index in [0.29, 0.717) is 23.6 Å². The van der Waals surface area contributed by atoms with E-state index in [1.807, 2.05) is 12.1 Å². The van der Waals surface area contributed by atoms with Gasteiger partial charge in [-0.05, 0) is 23.3 Å². The third kappa shape index (κ3) is 4.81. The van der Waals surface area contributed by atoms with E-state index >= 15 is 0 Å². The summed E-state index contributed by atoms with van der Waals surface area (Å²) in [6.45, 7) is 0.376. The fourth-order valence-electron chi connectivity index (χ4n) is 2.60. The standard InChI is InChI=1S/C19H21NO5/c1-24-17-8-7-13(9-18(17)25-2)16(10-19(22)23)20-11-14-5-3-4-6-15(14)12-21/h3-9,12,16,20H,10-11H2,1-2H3,(H,22,23)/t16-/m1/s1. The summed E-state index contributed by atoms with van der Waals surface area (Å²) < 4.78 is 10.5. The number of methoxy groups -OCH3 is 2. The van der Waals surface area contributed by atoms with Gasteiger partial charge in [0.2, 0.25) is 0 Å². The van der Waals surface area contributed by atoms with Crippen LogP contribution in [0.4, 0.5) is 0 Å². The molecule has 2 N–H and O–H groups in total. The molecule has 0 fully saturated rings. The number of carboxylic acids is 1. The Morgan fingerprint density at radius 3 is 2.52 bits per heavy atom. The summed E-state index contributed by atoms with van der Waals surface area (Å²) in [7, 11) is 3.07. The van der Waals surface area contributed by atoms with Gasteiger partial charge in [0.05, 0.1) is 20.6 Å². The molecule has 0 saturated heterocycles. The Hall–Kier alpha value is -2.86. The number of carboxylic acid groups (broad SMARTS) is 1. The van der Waals surface area contributed by atoms with Crippen molar-refractivity contribution < 1.29 is 24.2 Å². The molecule has 6 heteroatoms. The summed E-state index contributed by atoms with van der Waals surface area (Å²) in [6, 6.07) is 12.1. The second-order valence-corrected chi connectivity index (χ2v) is 5.46. The van der Waals surface area contributed by atoms with E-state index in [4.69, 9.17) is 9.47 Å². The second kappa shape index (κ2) is 8.84. The number of benzene rings is 2. The van der Waals surface area contributed by atoms with Crippen LogP contribution in [0.1, 0.15) is 33.9 Å². The zero-order valence-corrected chi connectivity index (χ0v) is 14.2. The molecule has 0 aliphatic heterocycles. The van der Waals surface area contributed by atoms with Crippen LogP contribution in [-0.2, 0) is 11.3 Å². The smallest absolute Gasteiger partial charge is 0.305 e. The average Bonchev–Trinajstić information content (AvgIpc) is 2.64. The fourth-order valence-corrected chi connectivity index (χ4v) is 2.60. The van der Waals surface area contributed by atoms with Crippen molar-refractivity contribution >= 4 is 12.3 Å². The minimum absolute atomic E-state index is 0.0985. The molecule has 0 aliphatic carbocycles. The molecule has 0 saturated carbocycles. The minimum Gasteiger partial charge on any atom is -0.493 e. The van der Waals surface area contributed by atoms with Crippen molar-refractivity contribution in [3.8, 4) is 11.5 Å². The second-order valence-electron chi connectivity index (χ2n) is 5.46. The number of hydrogen-bond donors (Lipinski definition) is 2. The summed E-state index contributed by atoms with van der Waals surface area (Å²) in [5, 5.41) is 12.4. The van der Waals surface area contributed by atoms with Crippen molar-refractivity contribution in [1.29, 1.82) is 0 Å². The molecule has 2 rings (SSSR count). The zero-order valence-electron chi connectivity index (χ0n) is 14.2. The van der Waals surface area contributed by atoms with Crippen molar-refractivity contribution in [2.75, 3.05) is 14.2 Å². The molecule has 1 atom stereocenters. The van der Waals surface area contributed by atoms with Crippen LogP contribution in [0, 0.1) is 0 Å². The average molecular weight is 343 g/mol. The van der Waals surface area contributed by atoms with Gasteiger partial charge in [-0.2, -0.15) is 0 Å². The third-order valence-electron chi connectivity index (χ3n) is 3.91. The number of rotatable bonds is 9. The van der Waals surface area contributed by atoms with Gasteiger partial charge in [-0.1, -0.05) is 30.3 Å². The van der Waals surface area contributed by atoms with Gasteiger partial charge >= 0.3 is 5.97 Å². The maximum absolute atomic E-state index is 11.2. The Balaban J connectivity index is 2.24. The van der Waals surface area contributed by atoms with Crippen LogP contribution in [0.5, 0.6) is 11.5 Å². The van der Waals surface area contributed by atoms with Crippen LogP contribution < -0.4 is 14.8 Å². The van der Waals surface area contributed by atoms with Crippen LogP contribution in [0.15, 0.2) is 42.5 Å². The Morgan fingerprint density at radius 2 is 1.88 bits per heavy atom. The van der Waals surface area contributed by atoms with Crippen LogP contribution in [0.2, 0.25) is 0 Å². The summed E-state index contributed by atoms with van der Waals surface area (Å²) in [6.07, 6.45) is 0.693. The molecule has 2 aromatic carbocycles. The lowest BCUT2D eigenvalue weighted by Crippen LogP contribution is -2.24. The van der Waals surface area contributed by atoms with Crippen LogP contribution >= 0.6 is 0 Å². The van der Waals surface area contributed by atoms with E-state index in [-0.39, 0.29) is 6.42 Å². The van der Waals surface area contributed by atoms with Crippen LogP contribution in [0.25, 0.3) is 0 Å². The van der Waals surface area contributed by atoms with E-state index in [1.165, 1.54) is 7.11 Å². The van der Waals surface area contributed by atoms with Gasteiger partial charge in [-0.25, -0.2) is 0 Å². The van der Waals surface area contributed by atoms with Gasteiger partial charge in [0.15, 0.2) is 11.5 Å². The zero-order chi connectivity index (χ0) is 18.2. The normalized spacial score (nSPS) is 11.6. The summed E-state index contributed by atoms with van der Waals surface area (Å²) in [5.41, 5.74) is 2.16. The molecule has 0 aliphatic rings. The molecule has 0 amide bonds. The topological polar surface area (TPSA) is 84.9 Å². The third-order valence-corrected chi connectivity index (χ3v) is 3.91. The Morgan fingerprint density at radius 1 is 1.16 bits per heavy atom. The predicted molar refractivity (Wildman–Crippen MR) is 93.2 cm³/mol. The molecule has 132 valence electrons. The van der Waals surface area contributed by atoms with Crippen LogP contribution in [-0.4, -0.2) is 31.6 Å². The minimum atomic E-state index is -0.920. The Labute approximate surface area is 146 Å². The van der Waals surface area contributed by atoms with E-state index < -0.39 is 12.0 Å². The fraction of sp³-hybridized carbons (Fsp3) is 0.263. The number of aliphatic carboxylic acids is 1. The summed E-state index contributed by atoms with van der Waals surface area (Å²) in [5.74, 6) is 0.188. The molecular formula is C19H21NO5. The Bertz CT molecular complexity index is 744.